The molecule has 0 spiro atoms. The Labute approximate surface area is 112 Å². The molecule has 11 nitrogen and oxygen atoms in total. The number of nitrogens with one attached hydrogen (secondary N) is 1. The van der Waals surface area contributed by atoms with Crippen LogP contribution in [0.1, 0.15) is 0 Å². The second kappa shape index (κ2) is 5.79. The maximum Gasteiger partial charge on any atom is 0.280 e. The van der Waals surface area contributed by atoms with Crippen molar-refractivity contribution < 1.29 is 4.74 Å². The van der Waals surface area contributed by atoms with Crippen LogP contribution in [0.3, 0.4) is 0 Å². The molecule has 0 amide bonds. The second-order valence-corrected chi connectivity index (χ2v) is 3.66. The van der Waals surface area contributed by atoms with Gasteiger partial charge in [-0.2, -0.15) is 10.1 Å². The van der Waals surface area contributed by atoms with Crippen LogP contribution >= 0.6 is 0 Å². The van der Waals surface area contributed by atoms with Crippen LogP contribution in [-0.2, 0) is 11.5 Å². The van der Waals surface area contributed by atoms with Gasteiger partial charge < -0.3 is 21.9 Å². The lowest BCUT2D eigenvalue weighted by atomic mass is 10.5. The van der Waals surface area contributed by atoms with E-state index in [4.69, 9.17) is 21.9 Å². The Balaban J connectivity index is 2.02. The van der Waals surface area contributed by atoms with E-state index in [0.717, 1.165) is 0 Å². The number of anilines is 1. The predicted octanol–water partition coefficient (Wildman–Crippen LogP) is -2.06. The summed E-state index contributed by atoms with van der Waals surface area (Å²) in [7, 11) is 0. The number of guanidine groups is 1. The van der Waals surface area contributed by atoms with Crippen molar-refractivity contribution in [1.29, 1.82) is 0 Å². The summed E-state index contributed by atoms with van der Waals surface area (Å²) in [4.78, 5) is 21.8. The van der Waals surface area contributed by atoms with E-state index in [9.17, 15) is 4.79 Å². The molecule has 0 unspecified atom stereocenters. The lowest BCUT2D eigenvalue weighted by molar-refractivity contribution is 0.113. The number of fused-ring (bicyclic) bond motifs is 1. The van der Waals surface area contributed by atoms with Gasteiger partial charge in [-0.1, -0.05) is 0 Å². The van der Waals surface area contributed by atoms with Gasteiger partial charge in [0.1, 0.15) is 6.73 Å². The number of ether oxygens (including phenoxy) is 1. The highest BCUT2D eigenvalue weighted by molar-refractivity contribution is 5.76. The van der Waals surface area contributed by atoms with Crippen LogP contribution in [0, 0.1) is 0 Å². The van der Waals surface area contributed by atoms with Gasteiger partial charge in [-0.05, 0) is 0 Å². The number of nitrogens with two attached hydrogens (primary N) is 3. The third-order valence-corrected chi connectivity index (χ3v) is 2.17. The lowest BCUT2D eigenvalue weighted by Crippen LogP contribution is -2.21. The van der Waals surface area contributed by atoms with Crippen LogP contribution < -0.4 is 22.8 Å². The SMILES string of the molecule is NC(N)=NN=CCOCn1cnc2c(=O)[nH]c(N)nc21. The molecule has 2 aromatic rings. The fraction of sp³-hybridized carbons (Fsp3) is 0.222. The Morgan fingerprint density at radius 3 is 3.10 bits per heavy atom. The maximum absolute atomic E-state index is 11.5. The first-order chi connectivity index (χ1) is 9.58. The molecule has 2 rings (SSSR count). The third kappa shape index (κ3) is 3.08. The summed E-state index contributed by atoms with van der Waals surface area (Å²) in [6, 6.07) is 0. The zero-order chi connectivity index (χ0) is 14.5. The van der Waals surface area contributed by atoms with Crippen molar-refractivity contribution in [3.63, 3.8) is 0 Å². The molecule has 0 aliphatic rings. The summed E-state index contributed by atoms with van der Waals surface area (Å²) in [5, 5.41) is 6.95. The van der Waals surface area contributed by atoms with E-state index in [-0.39, 0.29) is 30.8 Å². The highest BCUT2D eigenvalue weighted by Gasteiger charge is 2.08. The first-order valence-electron chi connectivity index (χ1n) is 5.46. The molecule has 0 bridgehead atoms. The third-order valence-electron chi connectivity index (χ3n) is 2.17. The van der Waals surface area contributed by atoms with Crippen LogP contribution in [0.4, 0.5) is 5.95 Å². The van der Waals surface area contributed by atoms with Crippen molar-refractivity contribution in [2.75, 3.05) is 12.3 Å². The van der Waals surface area contributed by atoms with Crippen LogP contribution in [-0.4, -0.2) is 38.3 Å². The van der Waals surface area contributed by atoms with Gasteiger partial charge in [0.05, 0.1) is 19.1 Å². The summed E-state index contributed by atoms with van der Waals surface area (Å²) in [5.41, 5.74) is 15.8. The lowest BCUT2D eigenvalue weighted by Gasteiger charge is -2.02. The van der Waals surface area contributed by atoms with Crippen LogP contribution in [0.25, 0.3) is 11.2 Å². The maximum atomic E-state index is 11.5. The number of hydrogen-bond acceptors (Lipinski definition) is 7. The first kappa shape index (κ1) is 13.5. The summed E-state index contributed by atoms with van der Waals surface area (Å²) >= 11 is 0. The number of nitrogen functional groups attached to an aromatic ring is 1. The molecule has 20 heavy (non-hydrogen) atoms. The standard InChI is InChI=1S/C9H13N9O2/c10-8(11)17-14-1-2-20-4-18-3-13-5-6(18)15-9(12)16-7(5)19/h1,3H,2,4H2,(H4,10,11,17)(H3,12,15,16,19). The minimum atomic E-state index is -0.402. The van der Waals surface area contributed by atoms with Gasteiger partial charge in [0, 0.05) is 0 Å². The molecule has 0 radical (unpaired) electrons. The number of imidazole rings is 1. The van der Waals surface area contributed by atoms with Crippen LogP contribution in [0.15, 0.2) is 21.3 Å². The molecule has 2 heterocycles. The van der Waals surface area contributed by atoms with Crippen molar-refractivity contribution in [2.24, 2.45) is 21.7 Å². The van der Waals surface area contributed by atoms with Gasteiger partial charge in [-0.15, -0.1) is 5.10 Å². The van der Waals surface area contributed by atoms with E-state index in [1.54, 1.807) is 0 Å². The Morgan fingerprint density at radius 1 is 1.55 bits per heavy atom. The summed E-state index contributed by atoms with van der Waals surface area (Å²) in [6.07, 6.45) is 2.81. The van der Waals surface area contributed by atoms with E-state index < -0.39 is 5.56 Å². The monoisotopic (exact) mass is 279 g/mol. The fourth-order valence-corrected chi connectivity index (χ4v) is 1.41. The van der Waals surface area contributed by atoms with E-state index in [0.29, 0.717) is 5.65 Å². The largest absolute Gasteiger partial charge is 0.369 e. The molecule has 0 saturated carbocycles. The molecule has 0 aliphatic heterocycles. The van der Waals surface area contributed by atoms with Gasteiger partial charge in [0.15, 0.2) is 11.2 Å². The van der Waals surface area contributed by atoms with E-state index in [1.165, 1.54) is 17.1 Å². The van der Waals surface area contributed by atoms with Crippen molar-refractivity contribution in [2.45, 2.75) is 6.73 Å². The molecule has 0 atom stereocenters. The molecule has 0 saturated heterocycles. The van der Waals surface area contributed by atoms with E-state index >= 15 is 0 Å². The Hall–Kier alpha value is -2.95. The average Bonchev–Trinajstić information content (AvgIpc) is 2.76. The number of rotatable bonds is 5. The second-order valence-electron chi connectivity index (χ2n) is 3.66. The Kier molecular flexibility index (Phi) is 3.91. The Bertz CT molecular complexity index is 710. The average molecular weight is 279 g/mol. The van der Waals surface area contributed by atoms with Crippen molar-refractivity contribution in [1.82, 2.24) is 19.5 Å². The number of nitrogens with zero attached hydrogens (tertiary/aromatic N) is 5. The van der Waals surface area contributed by atoms with Crippen LogP contribution in [0.5, 0.6) is 0 Å². The normalized spacial score (nSPS) is 11.2. The van der Waals surface area contributed by atoms with Gasteiger partial charge in [-0.25, -0.2) is 4.98 Å². The quantitative estimate of drug-likeness (QED) is 0.210. The molecular formula is C9H13N9O2. The summed E-state index contributed by atoms with van der Waals surface area (Å²) in [6.45, 7) is 0.301. The van der Waals surface area contributed by atoms with Gasteiger partial charge >= 0.3 is 0 Å². The molecule has 7 N–H and O–H groups in total. The minimum Gasteiger partial charge on any atom is -0.369 e. The van der Waals surface area contributed by atoms with Gasteiger partial charge in [-0.3, -0.25) is 14.3 Å². The van der Waals surface area contributed by atoms with Crippen LogP contribution in [0.2, 0.25) is 0 Å². The van der Waals surface area contributed by atoms with E-state index in [2.05, 4.69) is 25.2 Å². The van der Waals surface area contributed by atoms with Gasteiger partial charge in [0.2, 0.25) is 11.9 Å². The number of aromatic nitrogens is 4. The molecule has 11 heteroatoms. The van der Waals surface area contributed by atoms with Gasteiger partial charge in [0.25, 0.3) is 5.56 Å². The molecular weight excluding hydrogens is 266 g/mol. The topological polar surface area (TPSA) is 176 Å². The zero-order valence-electron chi connectivity index (χ0n) is 10.4. The number of aromatic amines is 1. The highest BCUT2D eigenvalue weighted by atomic mass is 16.5. The van der Waals surface area contributed by atoms with Crippen molar-refractivity contribution >= 4 is 29.3 Å². The molecule has 106 valence electrons. The predicted molar refractivity (Wildman–Crippen MR) is 72.8 cm³/mol. The highest BCUT2D eigenvalue weighted by Crippen LogP contribution is 2.05. The molecule has 0 fully saturated rings. The minimum absolute atomic E-state index is 0.0126. The summed E-state index contributed by atoms with van der Waals surface area (Å²) in [5.74, 6) is -0.126. The molecule has 0 aliphatic carbocycles. The molecule has 2 aromatic heterocycles. The van der Waals surface area contributed by atoms with E-state index in [1.807, 2.05) is 0 Å². The number of hydrogen-bond donors (Lipinski definition) is 4. The zero-order valence-corrected chi connectivity index (χ0v) is 10.4. The van der Waals surface area contributed by atoms with Crippen molar-refractivity contribution in [3.8, 4) is 0 Å². The first-order valence-corrected chi connectivity index (χ1v) is 5.46. The molecule has 0 aromatic carbocycles. The Morgan fingerprint density at radius 2 is 2.35 bits per heavy atom. The fourth-order valence-electron chi connectivity index (χ4n) is 1.41. The summed E-state index contributed by atoms with van der Waals surface area (Å²) < 4.78 is 6.81. The smallest absolute Gasteiger partial charge is 0.280 e. The van der Waals surface area contributed by atoms with Crippen molar-refractivity contribution in [3.05, 3.63) is 16.7 Å². The number of H-pyrrole nitrogens is 1.